The van der Waals surface area contributed by atoms with E-state index >= 15 is 0 Å². The van der Waals surface area contributed by atoms with Gasteiger partial charge in [0.05, 0.1) is 0 Å². The van der Waals surface area contributed by atoms with Crippen LogP contribution in [0.3, 0.4) is 0 Å². The fourth-order valence-electron chi connectivity index (χ4n) is 4.60. The maximum absolute atomic E-state index is 13.5. The summed E-state index contributed by atoms with van der Waals surface area (Å²) in [5.74, 6) is 0.166. The minimum Gasteiger partial charge on any atom is -0.290 e. The van der Waals surface area contributed by atoms with Crippen molar-refractivity contribution in [3.63, 3.8) is 0 Å². The molecule has 2 heteroatoms. The van der Waals surface area contributed by atoms with Crippen molar-refractivity contribution in [1.29, 1.82) is 0 Å². The SMILES string of the molecule is CCCc1ccc(/C=C2/CN(Cc3ccccc3)C/C(=C\c3ccc(CCC)cc3)C2=O)cc1. The molecular weight excluding hydrogens is 414 g/mol. The predicted octanol–water partition coefficient (Wildman–Crippen LogP) is 7.14. The summed E-state index contributed by atoms with van der Waals surface area (Å²) in [6.07, 6.45) is 8.61. The maximum atomic E-state index is 13.5. The zero-order valence-electron chi connectivity index (χ0n) is 20.5. The molecule has 1 aliphatic rings. The number of aryl methyl sites for hydroxylation is 2. The number of hydrogen-bond donors (Lipinski definition) is 0. The number of benzene rings is 3. The van der Waals surface area contributed by atoms with E-state index in [4.69, 9.17) is 0 Å². The van der Waals surface area contributed by atoms with Gasteiger partial charge in [-0.3, -0.25) is 9.69 Å². The van der Waals surface area contributed by atoms with Crippen molar-refractivity contribution >= 4 is 17.9 Å². The van der Waals surface area contributed by atoms with Gasteiger partial charge >= 0.3 is 0 Å². The molecule has 0 bridgehead atoms. The van der Waals surface area contributed by atoms with E-state index in [0.717, 1.165) is 54.5 Å². The largest absolute Gasteiger partial charge is 0.290 e. The van der Waals surface area contributed by atoms with Crippen molar-refractivity contribution < 1.29 is 4.79 Å². The van der Waals surface area contributed by atoms with Gasteiger partial charge in [-0.2, -0.15) is 0 Å². The van der Waals surface area contributed by atoms with Crippen LogP contribution in [0.25, 0.3) is 12.2 Å². The Kier molecular flexibility index (Phi) is 8.27. The second-order valence-corrected chi connectivity index (χ2v) is 9.28. The van der Waals surface area contributed by atoms with Crippen LogP contribution in [0.2, 0.25) is 0 Å². The minimum absolute atomic E-state index is 0.166. The lowest BCUT2D eigenvalue weighted by molar-refractivity contribution is -0.113. The highest BCUT2D eigenvalue weighted by molar-refractivity contribution is 6.14. The molecule has 0 aromatic heterocycles. The molecule has 2 nitrogen and oxygen atoms in total. The van der Waals surface area contributed by atoms with Crippen LogP contribution < -0.4 is 0 Å². The third-order valence-corrected chi connectivity index (χ3v) is 6.34. The van der Waals surface area contributed by atoms with Crippen LogP contribution in [0, 0.1) is 0 Å². The van der Waals surface area contributed by atoms with E-state index in [2.05, 4.69) is 104 Å². The number of carbonyl (C=O) groups excluding carboxylic acids is 1. The summed E-state index contributed by atoms with van der Waals surface area (Å²) in [6, 6.07) is 27.8. The molecule has 3 aromatic rings. The molecule has 34 heavy (non-hydrogen) atoms. The lowest BCUT2D eigenvalue weighted by atomic mass is 9.93. The molecule has 1 aliphatic heterocycles. The molecule has 3 aromatic carbocycles. The highest BCUT2D eigenvalue weighted by atomic mass is 16.1. The maximum Gasteiger partial charge on any atom is 0.187 e. The first-order valence-electron chi connectivity index (χ1n) is 12.5. The fourth-order valence-corrected chi connectivity index (χ4v) is 4.60. The van der Waals surface area contributed by atoms with Crippen LogP contribution in [0.15, 0.2) is 90.0 Å². The zero-order chi connectivity index (χ0) is 23.8. The molecule has 1 saturated heterocycles. The Morgan fingerprint density at radius 3 is 1.56 bits per heavy atom. The number of rotatable bonds is 8. The topological polar surface area (TPSA) is 20.3 Å². The Bertz CT molecular complexity index is 1070. The van der Waals surface area contributed by atoms with Crippen molar-refractivity contribution in [2.45, 2.75) is 46.1 Å². The molecule has 0 saturated carbocycles. The van der Waals surface area contributed by atoms with Gasteiger partial charge in [0, 0.05) is 30.8 Å². The number of hydrogen-bond acceptors (Lipinski definition) is 2. The molecule has 0 atom stereocenters. The Labute approximate surface area is 204 Å². The third kappa shape index (κ3) is 6.42. The smallest absolute Gasteiger partial charge is 0.187 e. The standard InChI is InChI=1S/C32H35NO/c1-3-8-25-12-16-27(17-13-25)20-30-23-33(22-29-10-6-5-7-11-29)24-31(32(30)34)21-28-18-14-26(9-4-2)15-19-28/h5-7,10-21H,3-4,8-9,22-24H2,1-2H3/b30-20-,31-21+. The first-order chi connectivity index (χ1) is 16.6. The van der Waals surface area contributed by atoms with E-state index in [-0.39, 0.29) is 5.78 Å². The molecular formula is C32H35NO. The molecule has 1 heterocycles. The first kappa shape index (κ1) is 23.9. The molecule has 174 valence electrons. The number of piperidine rings is 1. The number of nitrogens with zero attached hydrogens (tertiary/aromatic N) is 1. The summed E-state index contributed by atoms with van der Waals surface area (Å²) in [5, 5.41) is 0. The lowest BCUT2D eigenvalue weighted by Crippen LogP contribution is -2.37. The Morgan fingerprint density at radius 2 is 1.12 bits per heavy atom. The Morgan fingerprint density at radius 1 is 0.647 bits per heavy atom. The van der Waals surface area contributed by atoms with E-state index < -0.39 is 0 Å². The van der Waals surface area contributed by atoms with Gasteiger partial charge in [-0.25, -0.2) is 0 Å². The predicted molar refractivity (Wildman–Crippen MR) is 144 cm³/mol. The average Bonchev–Trinajstić information content (AvgIpc) is 2.85. The molecule has 0 amide bonds. The fraction of sp³-hybridized carbons (Fsp3) is 0.281. The summed E-state index contributed by atoms with van der Waals surface area (Å²) < 4.78 is 0. The van der Waals surface area contributed by atoms with Gasteiger partial charge < -0.3 is 0 Å². The van der Waals surface area contributed by atoms with E-state index in [9.17, 15) is 4.79 Å². The quantitative estimate of drug-likeness (QED) is 0.341. The molecule has 0 N–H and O–H groups in total. The van der Waals surface area contributed by atoms with Crippen molar-refractivity contribution in [1.82, 2.24) is 4.90 Å². The highest BCUT2D eigenvalue weighted by Gasteiger charge is 2.26. The normalized spacial score (nSPS) is 16.9. The van der Waals surface area contributed by atoms with Crippen LogP contribution in [0.4, 0.5) is 0 Å². The second kappa shape index (κ2) is 11.8. The van der Waals surface area contributed by atoms with E-state index in [1.807, 2.05) is 6.07 Å². The summed E-state index contributed by atoms with van der Waals surface area (Å²) in [7, 11) is 0. The number of likely N-dealkylation sites (tertiary alicyclic amines) is 1. The minimum atomic E-state index is 0.166. The van der Waals surface area contributed by atoms with Crippen LogP contribution in [0.1, 0.15) is 54.5 Å². The van der Waals surface area contributed by atoms with Crippen molar-refractivity contribution in [3.05, 3.63) is 118 Å². The van der Waals surface area contributed by atoms with Gasteiger partial charge in [0.25, 0.3) is 0 Å². The van der Waals surface area contributed by atoms with Crippen molar-refractivity contribution in [3.8, 4) is 0 Å². The van der Waals surface area contributed by atoms with E-state index in [1.165, 1.54) is 16.7 Å². The Hall–Kier alpha value is -3.23. The van der Waals surface area contributed by atoms with E-state index in [1.54, 1.807) is 0 Å². The van der Waals surface area contributed by atoms with Crippen LogP contribution >= 0.6 is 0 Å². The number of Topliss-reactive ketones (excluding diaryl/α,β-unsaturated/α-hetero) is 1. The van der Waals surface area contributed by atoms with Crippen LogP contribution in [-0.2, 0) is 24.2 Å². The van der Waals surface area contributed by atoms with Gasteiger partial charge in [0.1, 0.15) is 0 Å². The molecule has 4 rings (SSSR count). The molecule has 0 aliphatic carbocycles. The highest BCUT2D eigenvalue weighted by Crippen LogP contribution is 2.24. The van der Waals surface area contributed by atoms with Crippen molar-refractivity contribution in [2.75, 3.05) is 13.1 Å². The van der Waals surface area contributed by atoms with Crippen molar-refractivity contribution in [2.24, 2.45) is 0 Å². The third-order valence-electron chi connectivity index (χ3n) is 6.34. The summed E-state index contributed by atoms with van der Waals surface area (Å²) in [5.41, 5.74) is 7.86. The van der Waals surface area contributed by atoms with Gasteiger partial charge in [0.2, 0.25) is 0 Å². The molecule has 1 fully saturated rings. The molecule has 0 unspecified atom stereocenters. The lowest BCUT2D eigenvalue weighted by Gasteiger charge is -2.30. The summed E-state index contributed by atoms with van der Waals surface area (Å²) in [6.45, 7) is 6.55. The second-order valence-electron chi connectivity index (χ2n) is 9.28. The van der Waals surface area contributed by atoms with Crippen LogP contribution in [-0.4, -0.2) is 23.8 Å². The summed E-state index contributed by atoms with van der Waals surface area (Å²) >= 11 is 0. The molecule has 0 radical (unpaired) electrons. The van der Waals surface area contributed by atoms with Gasteiger partial charge in [-0.15, -0.1) is 0 Å². The Balaban J connectivity index is 1.62. The van der Waals surface area contributed by atoms with Gasteiger partial charge in [0.15, 0.2) is 5.78 Å². The number of ketones is 1. The zero-order valence-corrected chi connectivity index (χ0v) is 20.5. The van der Waals surface area contributed by atoms with E-state index in [0.29, 0.717) is 13.1 Å². The monoisotopic (exact) mass is 449 g/mol. The molecule has 0 spiro atoms. The first-order valence-corrected chi connectivity index (χ1v) is 12.5. The summed E-state index contributed by atoms with van der Waals surface area (Å²) in [4.78, 5) is 15.9. The van der Waals surface area contributed by atoms with Gasteiger partial charge in [-0.1, -0.05) is 106 Å². The van der Waals surface area contributed by atoms with Crippen LogP contribution in [0.5, 0.6) is 0 Å². The van der Waals surface area contributed by atoms with Gasteiger partial charge in [-0.05, 0) is 52.8 Å². The average molecular weight is 450 g/mol. The number of carbonyl (C=O) groups is 1.